The van der Waals surface area contributed by atoms with Crippen molar-refractivity contribution in [2.24, 2.45) is 0 Å². The number of nitrogens with one attached hydrogen (secondary N) is 2. The van der Waals surface area contributed by atoms with Crippen LogP contribution in [0.25, 0.3) is 0 Å². The van der Waals surface area contributed by atoms with Crippen molar-refractivity contribution >= 4 is 44.6 Å². The second-order valence-electron chi connectivity index (χ2n) is 3.35. The molecule has 0 aliphatic heterocycles. The van der Waals surface area contributed by atoms with E-state index in [-0.39, 0.29) is 0 Å². The van der Waals surface area contributed by atoms with Crippen molar-refractivity contribution in [3.05, 3.63) is 20.8 Å². The second kappa shape index (κ2) is 8.85. The number of thiocarbonyl (C=S) groups is 1. The van der Waals surface area contributed by atoms with E-state index in [2.05, 4.69) is 31.9 Å². The van der Waals surface area contributed by atoms with E-state index in [0.717, 1.165) is 37.2 Å². The molecule has 2 N–H and O–H groups in total. The largest absolute Gasteiger partial charge is 0.382 e. The zero-order valence-electron chi connectivity index (χ0n) is 9.79. The summed E-state index contributed by atoms with van der Waals surface area (Å²) in [7, 11) is 0. The summed E-state index contributed by atoms with van der Waals surface area (Å²) in [5, 5.41) is 9.08. The molecule has 96 valence electrons. The van der Waals surface area contributed by atoms with Crippen molar-refractivity contribution in [3.63, 3.8) is 0 Å². The Morgan fingerprint density at radius 2 is 2.35 bits per heavy atom. The van der Waals surface area contributed by atoms with Crippen LogP contribution in [0.15, 0.2) is 15.9 Å². The molecule has 0 bridgehead atoms. The Morgan fingerprint density at radius 3 is 3.00 bits per heavy atom. The van der Waals surface area contributed by atoms with E-state index in [4.69, 9.17) is 17.0 Å². The van der Waals surface area contributed by atoms with Crippen molar-refractivity contribution in [1.29, 1.82) is 0 Å². The SMILES string of the molecule is CCOCCCNC(=S)NCc1sccc1Br. The second-order valence-corrected chi connectivity index (χ2v) is 5.61. The number of hydrogen-bond donors (Lipinski definition) is 2. The van der Waals surface area contributed by atoms with E-state index in [1.807, 2.05) is 13.0 Å². The number of ether oxygens (including phenoxy) is 1. The van der Waals surface area contributed by atoms with E-state index in [9.17, 15) is 0 Å². The first kappa shape index (κ1) is 14.9. The predicted octanol–water partition coefficient (Wildman–Crippen LogP) is 2.90. The number of halogens is 1. The van der Waals surface area contributed by atoms with Gasteiger partial charge in [-0.25, -0.2) is 0 Å². The van der Waals surface area contributed by atoms with Gasteiger partial charge in [0.05, 0.1) is 6.54 Å². The molecule has 0 unspecified atom stereocenters. The van der Waals surface area contributed by atoms with Crippen molar-refractivity contribution in [2.45, 2.75) is 19.9 Å². The fourth-order valence-electron chi connectivity index (χ4n) is 1.19. The Hall–Kier alpha value is -0.170. The molecule has 0 aliphatic carbocycles. The zero-order valence-corrected chi connectivity index (χ0v) is 13.0. The van der Waals surface area contributed by atoms with Gasteiger partial charge in [-0.3, -0.25) is 0 Å². The lowest BCUT2D eigenvalue weighted by atomic mass is 10.4. The molecular formula is C11H17BrN2OS2. The van der Waals surface area contributed by atoms with Gasteiger partial charge in [0.15, 0.2) is 5.11 Å². The van der Waals surface area contributed by atoms with Crippen LogP contribution in [0, 0.1) is 0 Å². The molecule has 0 saturated heterocycles. The van der Waals surface area contributed by atoms with Crippen molar-refractivity contribution < 1.29 is 4.74 Å². The van der Waals surface area contributed by atoms with Crippen LogP contribution in [-0.2, 0) is 11.3 Å². The molecule has 1 rings (SSSR count). The third-order valence-corrected chi connectivity index (χ3v) is 4.27. The van der Waals surface area contributed by atoms with Gasteiger partial charge in [0.25, 0.3) is 0 Å². The average molecular weight is 337 g/mol. The fourth-order valence-corrected chi connectivity index (χ4v) is 2.80. The van der Waals surface area contributed by atoms with Gasteiger partial charge in [0, 0.05) is 29.1 Å². The minimum atomic E-state index is 0.696. The molecule has 0 spiro atoms. The summed E-state index contributed by atoms with van der Waals surface area (Å²) >= 11 is 10.4. The van der Waals surface area contributed by atoms with Crippen LogP contribution in [0.3, 0.4) is 0 Å². The van der Waals surface area contributed by atoms with E-state index in [1.165, 1.54) is 4.88 Å². The minimum Gasteiger partial charge on any atom is -0.382 e. The van der Waals surface area contributed by atoms with Crippen LogP contribution in [-0.4, -0.2) is 24.9 Å². The Kier molecular flexibility index (Phi) is 7.75. The molecule has 0 radical (unpaired) electrons. The lowest BCUT2D eigenvalue weighted by Gasteiger charge is -2.09. The maximum absolute atomic E-state index is 5.24. The van der Waals surface area contributed by atoms with E-state index in [1.54, 1.807) is 11.3 Å². The third-order valence-electron chi connectivity index (χ3n) is 2.06. The normalized spacial score (nSPS) is 10.2. The molecule has 17 heavy (non-hydrogen) atoms. The van der Waals surface area contributed by atoms with Gasteiger partial charge in [-0.2, -0.15) is 0 Å². The fraction of sp³-hybridized carbons (Fsp3) is 0.545. The summed E-state index contributed by atoms with van der Waals surface area (Å²) in [4.78, 5) is 1.25. The van der Waals surface area contributed by atoms with E-state index >= 15 is 0 Å². The lowest BCUT2D eigenvalue weighted by Crippen LogP contribution is -2.35. The minimum absolute atomic E-state index is 0.696. The summed E-state index contributed by atoms with van der Waals surface area (Å²) in [6, 6.07) is 2.04. The molecular weight excluding hydrogens is 320 g/mol. The molecule has 0 saturated carbocycles. The van der Waals surface area contributed by atoms with Gasteiger partial charge in [-0.15, -0.1) is 11.3 Å². The number of hydrogen-bond acceptors (Lipinski definition) is 3. The quantitative estimate of drug-likeness (QED) is 0.592. The van der Waals surface area contributed by atoms with Gasteiger partial charge in [0.1, 0.15) is 0 Å². The molecule has 0 amide bonds. The van der Waals surface area contributed by atoms with Crippen molar-refractivity contribution in [2.75, 3.05) is 19.8 Å². The molecule has 1 aromatic heterocycles. The molecule has 6 heteroatoms. The van der Waals surface area contributed by atoms with Crippen LogP contribution < -0.4 is 10.6 Å². The highest BCUT2D eigenvalue weighted by Crippen LogP contribution is 2.21. The molecule has 3 nitrogen and oxygen atoms in total. The van der Waals surface area contributed by atoms with Gasteiger partial charge in [-0.1, -0.05) is 0 Å². The first-order valence-electron chi connectivity index (χ1n) is 5.55. The van der Waals surface area contributed by atoms with E-state index in [0.29, 0.717) is 5.11 Å². The molecule has 0 fully saturated rings. The standard InChI is InChI=1S/C11H17BrN2OS2/c1-2-15-6-3-5-13-11(16)14-8-10-9(12)4-7-17-10/h4,7H,2-3,5-6,8H2,1H3,(H2,13,14,16). The highest BCUT2D eigenvalue weighted by Gasteiger charge is 2.01. The smallest absolute Gasteiger partial charge is 0.166 e. The van der Waals surface area contributed by atoms with Crippen LogP contribution in [0.2, 0.25) is 0 Å². The molecule has 0 aliphatic rings. The van der Waals surface area contributed by atoms with Crippen molar-refractivity contribution in [1.82, 2.24) is 10.6 Å². The highest BCUT2D eigenvalue weighted by atomic mass is 79.9. The highest BCUT2D eigenvalue weighted by molar-refractivity contribution is 9.10. The van der Waals surface area contributed by atoms with Gasteiger partial charge >= 0.3 is 0 Å². The van der Waals surface area contributed by atoms with Gasteiger partial charge in [0.2, 0.25) is 0 Å². The van der Waals surface area contributed by atoms with Gasteiger partial charge < -0.3 is 15.4 Å². The van der Waals surface area contributed by atoms with Gasteiger partial charge in [-0.05, 0) is 52.9 Å². The van der Waals surface area contributed by atoms with Crippen LogP contribution in [0.1, 0.15) is 18.2 Å². The third kappa shape index (κ3) is 6.35. The Labute approximate surface area is 120 Å². The summed E-state index contributed by atoms with van der Waals surface area (Å²) in [5.41, 5.74) is 0. The van der Waals surface area contributed by atoms with Crippen LogP contribution >= 0.6 is 39.5 Å². The lowest BCUT2D eigenvalue weighted by molar-refractivity contribution is 0.145. The first-order valence-corrected chi connectivity index (χ1v) is 7.63. The average Bonchev–Trinajstić information content (AvgIpc) is 2.72. The Morgan fingerprint density at radius 1 is 1.53 bits per heavy atom. The molecule has 1 aromatic rings. The predicted molar refractivity (Wildman–Crippen MR) is 80.6 cm³/mol. The number of thiophene rings is 1. The molecule has 1 heterocycles. The molecule has 0 atom stereocenters. The molecule has 0 aromatic carbocycles. The Balaban J connectivity index is 2.07. The monoisotopic (exact) mass is 336 g/mol. The first-order chi connectivity index (χ1) is 8.24. The maximum Gasteiger partial charge on any atom is 0.166 e. The zero-order chi connectivity index (χ0) is 12.5. The summed E-state index contributed by atoms with van der Waals surface area (Å²) in [6.07, 6.45) is 0.971. The van der Waals surface area contributed by atoms with E-state index < -0.39 is 0 Å². The van der Waals surface area contributed by atoms with Crippen LogP contribution in [0.5, 0.6) is 0 Å². The number of rotatable bonds is 7. The summed E-state index contributed by atoms with van der Waals surface area (Å²) in [5.74, 6) is 0. The van der Waals surface area contributed by atoms with Crippen LogP contribution in [0.4, 0.5) is 0 Å². The summed E-state index contributed by atoms with van der Waals surface area (Å²) < 4.78 is 6.38. The topological polar surface area (TPSA) is 33.3 Å². The Bertz CT molecular complexity index is 344. The summed E-state index contributed by atoms with van der Waals surface area (Å²) in [6.45, 7) is 5.16. The van der Waals surface area contributed by atoms with Crippen molar-refractivity contribution in [3.8, 4) is 0 Å². The maximum atomic E-state index is 5.24.